The van der Waals surface area contributed by atoms with Crippen molar-refractivity contribution in [1.82, 2.24) is 0 Å². The highest BCUT2D eigenvalue weighted by atomic mass is 19.4. The number of benzene rings is 1. The largest absolute Gasteiger partial charge is 0.416 e. The summed E-state index contributed by atoms with van der Waals surface area (Å²) in [6.45, 7) is 2.40. The molecule has 0 aromatic heterocycles. The molecule has 1 aromatic carbocycles. The molecule has 0 aliphatic rings. The lowest BCUT2D eigenvalue weighted by Gasteiger charge is -2.11. The van der Waals surface area contributed by atoms with Crippen molar-refractivity contribution in [2.45, 2.75) is 19.5 Å². The molecule has 4 heteroatoms. The van der Waals surface area contributed by atoms with Crippen molar-refractivity contribution in [3.05, 3.63) is 35.4 Å². The van der Waals surface area contributed by atoms with Gasteiger partial charge in [0.2, 0.25) is 0 Å². The Kier molecular flexibility index (Phi) is 3.74. The maximum Gasteiger partial charge on any atom is 0.416 e. The second-order valence-electron chi connectivity index (χ2n) is 3.74. The molecule has 0 saturated carbocycles. The van der Waals surface area contributed by atoms with E-state index in [1.807, 2.05) is 6.92 Å². The fourth-order valence-electron chi connectivity index (χ4n) is 1.36. The maximum atomic E-state index is 12.4. The monoisotopic (exact) mass is 217 g/mol. The van der Waals surface area contributed by atoms with Gasteiger partial charge in [-0.2, -0.15) is 13.2 Å². The van der Waals surface area contributed by atoms with E-state index >= 15 is 0 Å². The van der Waals surface area contributed by atoms with Crippen LogP contribution in [-0.4, -0.2) is 6.54 Å². The van der Waals surface area contributed by atoms with Gasteiger partial charge in [0.25, 0.3) is 0 Å². The number of halogens is 3. The third-order valence-electron chi connectivity index (χ3n) is 2.24. The van der Waals surface area contributed by atoms with E-state index in [9.17, 15) is 13.2 Å². The first-order chi connectivity index (χ1) is 6.93. The minimum absolute atomic E-state index is 0.202. The Morgan fingerprint density at radius 2 is 2.00 bits per heavy atom. The first kappa shape index (κ1) is 12.0. The highest BCUT2D eigenvalue weighted by molar-refractivity contribution is 5.25. The van der Waals surface area contributed by atoms with Crippen molar-refractivity contribution >= 4 is 0 Å². The van der Waals surface area contributed by atoms with Crippen LogP contribution in [0, 0.1) is 5.92 Å². The summed E-state index contributed by atoms with van der Waals surface area (Å²) in [7, 11) is 0. The molecule has 0 fully saturated rings. The molecule has 0 bridgehead atoms. The van der Waals surface area contributed by atoms with Gasteiger partial charge in [0.15, 0.2) is 0 Å². The molecule has 2 N–H and O–H groups in total. The Labute approximate surface area is 87.1 Å². The summed E-state index contributed by atoms with van der Waals surface area (Å²) in [6.07, 6.45) is -3.68. The van der Waals surface area contributed by atoms with Gasteiger partial charge in [-0.05, 0) is 30.5 Å². The highest BCUT2D eigenvalue weighted by Crippen LogP contribution is 2.29. The molecule has 1 rings (SSSR count). The van der Waals surface area contributed by atoms with Gasteiger partial charge in [0.05, 0.1) is 5.56 Å². The molecule has 1 atom stereocenters. The minimum atomic E-state index is -4.26. The van der Waals surface area contributed by atoms with Crippen LogP contribution in [0.25, 0.3) is 0 Å². The average Bonchev–Trinajstić information content (AvgIpc) is 2.17. The van der Waals surface area contributed by atoms with Crippen LogP contribution < -0.4 is 5.73 Å². The molecular weight excluding hydrogens is 203 g/mol. The first-order valence-corrected chi connectivity index (χ1v) is 4.79. The fourth-order valence-corrected chi connectivity index (χ4v) is 1.36. The third-order valence-corrected chi connectivity index (χ3v) is 2.24. The molecule has 0 heterocycles. The molecule has 1 nitrogen and oxygen atoms in total. The van der Waals surface area contributed by atoms with Crippen molar-refractivity contribution in [3.8, 4) is 0 Å². The molecule has 0 aliphatic heterocycles. The molecule has 0 saturated heterocycles. The second-order valence-corrected chi connectivity index (χ2v) is 3.74. The molecule has 0 spiro atoms. The predicted molar refractivity (Wildman–Crippen MR) is 53.4 cm³/mol. The van der Waals surface area contributed by atoms with Crippen molar-refractivity contribution in [2.24, 2.45) is 11.7 Å². The van der Waals surface area contributed by atoms with Crippen LogP contribution in [0.1, 0.15) is 18.1 Å². The smallest absolute Gasteiger partial charge is 0.330 e. The molecule has 15 heavy (non-hydrogen) atoms. The van der Waals surface area contributed by atoms with Gasteiger partial charge < -0.3 is 5.73 Å². The van der Waals surface area contributed by atoms with Crippen LogP contribution >= 0.6 is 0 Å². The zero-order chi connectivity index (χ0) is 11.5. The standard InChI is InChI=1S/C11H14F3N/c1-8(7-15)5-9-3-2-4-10(6-9)11(12,13)14/h2-4,6,8H,5,7,15H2,1H3/t8-/m0/s1. The summed E-state index contributed by atoms with van der Waals surface area (Å²) in [6, 6.07) is 5.39. The molecule has 0 unspecified atom stereocenters. The summed E-state index contributed by atoms with van der Waals surface area (Å²) >= 11 is 0. The number of hydrogen-bond donors (Lipinski definition) is 1. The van der Waals surface area contributed by atoms with Gasteiger partial charge in [-0.1, -0.05) is 25.1 Å². The van der Waals surface area contributed by atoms with Gasteiger partial charge in [-0.3, -0.25) is 0 Å². The third kappa shape index (κ3) is 3.55. The topological polar surface area (TPSA) is 26.0 Å². The van der Waals surface area contributed by atoms with Crippen molar-refractivity contribution in [1.29, 1.82) is 0 Å². The Balaban J connectivity index is 2.84. The fraction of sp³-hybridized carbons (Fsp3) is 0.455. The van der Waals surface area contributed by atoms with E-state index in [-0.39, 0.29) is 5.92 Å². The van der Waals surface area contributed by atoms with E-state index in [0.717, 1.165) is 6.07 Å². The predicted octanol–water partition coefficient (Wildman–Crippen LogP) is 2.84. The molecule has 0 amide bonds. The Hall–Kier alpha value is -1.03. The van der Waals surface area contributed by atoms with Crippen LogP contribution in [0.2, 0.25) is 0 Å². The van der Waals surface area contributed by atoms with E-state index in [4.69, 9.17) is 5.73 Å². The molecule has 1 aromatic rings. The summed E-state index contributed by atoms with van der Waals surface area (Å²) in [4.78, 5) is 0. The Bertz CT molecular complexity index is 320. The average molecular weight is 217 g/mol. The molecule has 0 aliphatic carbocycles. The van der Waals surface area contributed by atoms with E-state index < -0.39 is 11.7 Å². The van der Waals surface area contributed by atoms with Crippen LogP contribution in [0.15, 0.2) is 24.3 Å². The number of alkyl halides is 3. The van der Waals surface area contributed by atoms with Gasteiger partial charge >= 0.3 is 6.18 Å². The summed E-state index contributed by atoms with van der Waals surface area (Å²) in [5, 5.41) is 0. The summed E-state index contributed by atoms with van der Waals surface area (Å²) < 4.78 is 37.1. The molecular formula is C11H14F3N. The lowest BCUT2D eigenvalue weighted by molar-refractivity contribution is -0.137. The van der Waals surface area contributed by atoms with Crippen LogP contribution in [0.4, 0.5) is 13.2 Å². The molecule has 84 valence electrons. The van der Waals surface area contributed by atoms with Crippen molar-refractivity contribution in [3.63, 3.8) is 0 Å². The normalized spacial score (nSPS) is 13.9. The van der Waals surface area contributed by atoms with Gasteiger partial charge in [0.1, 0.15) is 0 Å². The Morgan fingerprint density at radius 1 is 1.33 bits per heavy atom. The maximum absolute atomic E-state index is 12.4. The van der Waals surface area contributed by atoms with Crippen LogP contribution in [-0.2, 0) is 12.6 Å². The number of rotatable bonds is 3. The van der Waals surface area contributed by atoms with Gasteiger partial charge in [0, 0.05) is 0 Å². The van der Waals surface area contributed by atoms with Crippen LogP contribution in [0.5, 0.6) is 0 Å². The lowest BCUT2D eigenvalue weighted by Crippen LogP contribution is -2.13. The Morgan fingerprint density at radius 3 is 2.53 bits per heavy atom. The SMILES string of the molecule is C[C@H](CN)Cc1cccc(C(F)(F)F)c1. The van der Waals surface area contributed by atoms with Crippen molar-refractivity contribution < 1.29 is 13.2 Å². The van der Waals surface area contributed by atoms with Crippen LogP contribution in [0.3, 0.4) is 0 Å². The second kappa shape index (κ2) is 4.66. The number of hydrogen-bond acceptors (Lipinski definition) is 1. The minimum Gasteiger partial charge on any atom is -0.330 e. The number of nitrogens with two attached hydrogens (primary N) is 1. The summed E-state index contributed by atoms with van der Waals surface area (Å²) in [5.41, 5.74) is 5.51. The molecule has 0 radical (unpaired) electrons. The lowest BCUT2D eigenvalue weighted by atomic mass is 9.99. The first-order valence-electron chi connectivity index (χ1n) is 4.79. The van der Waals surface area contributed by atoms with E-state index in [1.165, 1.54) is 12.1 Å². The van der Waals surface area contributed by atoms with E-state index in [0.29, 0.717) is 18.5 Å². The zero-order valence-electron chi connectivity index (χ0n) is 8.51. The van der Waals surface area contributed by atoms with E-state index in [1.54, 1.807) is 6.07 Å². The summed E-state index contributed by atoms with van der Waals surface area (Å²) in [5.74, 6) is 0.202. The van der Waals surface area contributed by atoms with Gasteiger partial charge in [-0.15, -0.1) is 0 Å². The zero-order valence-corrected chi connectivity index (χ0v) is 8.51. The highest BCUT2D eigenvalue weighted by Gasteiger charge is 2.30. The van der Waals surface area contributed by atoms with Crippen molar-refractivity contribution in [2.75, 3.05) is 6.54 Å². The van der Waals surface area contributed by atoms with E-state index in [2.05, 4.69) is 0 Å². The van der Waals surface area contributed by atoms with Gasteiger partial charge in [-0.25, -0.2) is 0 Å². The quantitative estimate of drug-likeness (QED) is 0.827.